The zero-order chi connectivity index (χ0) is 7.97. The van der Waals surface area contributed by atoms with E-state index in [1.807, 2.05) is 27.5 Å². The summed E-state index contributed by atoms with van der Waals surface area (Å²) < 4.78 is 3.79. The lowest BCUT2D eigenvalue weighted by Crippen LogP contribution is -1.94. The summed E-state index contributed by atoms with van der Waals surface area (Å²) in [5.74, 6) is 0. The first-order valence-corrected chi connectivity index (χ1v) is 3.57. The van der Waals surface area contributed by atoms with Crippen LogP contribution in [0.2, 0.25) is 0 Å². The lowest BCUT2D eigenvalue weighted by Gasteiger charge is -1.91. The van der Waals surface area contributed by atoms with Gasteiger partial charge in [-0.3, -0.25) is 0 Å². The van der Waals surface area contributed by atoms with Crippen molar-refractivity contribution in [3.63, 3.8) is 0 Å². The van der Waals surface area contributed by atoms with E-state index in [0.717, 1.165) is 11.3 Å². The minimum Gasteiger partial charge on any atom is -0.235 e. The summed E-state index contributed by atoms with van der Waals surface area (Å²) in [6, 6.07) is 1.88. The topological polar surface area (TPSA) is 47.5 Å². The number of fused-ring (bicyclic) bond motifs is 3. The number of hydrogen-bond acceptors (Lipinski definition) is 3. The molecule has 58 valence electrons. The van der Waals surface area contributed by atoms with Gasteiger partial charge in [-0.1, -0.05) is 0 Å². The Labute approximate surface area is 67.3 Å². The summed E-state index contributed by atoms with van der Waals surface area (Å²) >= 11 is 0. The molecule has 3 rings (SSSR count). The van der Waals surface area contributed by atoms with Gasteiger partial charge in [0.25, 0.3) is 0 Å². The third-order valence-corrected chi connectivity index (χ3v) is 1.81. The van der Waals surface area contributed by atoms with Crippen LogP contribution in [0.1, 0.15) is 0 Å². The molecule has 0 spiro atoms. The zero-order valence-electron chi connectivity index (χ0n) is 6.12. The summed E-state index contributed by atoms with van der Waals surface area (Å²) in [7, 11) is 0. The predicted octanol–water partition coefficient (Wildman–Crippen LogP) is 0.377. The molecular formula is C7H5N5. The van der Waals surface area contributed by atoms with E-state index in [-0.39, 0.29) is 0 Å². The predicted molar refractivity (Wildman–Crippen MR) is 41.7 cm³/mol. The Kier molecular flexibility index (Phi) is 0.864. The van der Waals surface area contributed by atoms with E-state index in [1.165, 1.54) is 0 Å². The maximum Gasteiger partial charge on any atom is 0.178 e. The molecule has 5 nitrogen and oxygen atoms in total. The summed E-state index contributed by atoms with van der Waals surface area (Å²) in [5, 5.41) is 7.72. The minimum atomic E-state index is 0.806. The van der Waals surface area contributed by atoms with Gasteiger partial charge in [-0.05, 0) is 0 Å². The van der Waals surface area contributed by atoms with Crippen molar-refractivity contribution in [2.45, 2.75) is 0 Å². The monoisotopic (exact) mass is 159 g/mol. The first kappa shape index (κ1) is 5.70. The Morgan fingerprint density at radius 2 is 1.83 bits per heavy atom. The van der Waals surface area contributed by atoms with Gasteiger partial charge in [-0.25, -0.2) is 14.0 Å². The van der Waals surface area contributed by atoms with E-state index in [2.05, 4.69) is 15.2 Å². The van der Waals surface area contributed by atoms with Crippen molar-refractivity contribution >= 4 is 11.3 Å². The van der Waals surface area contributed by atoms with Crippen LogP contribution in [0, 0.1) is 0 Å². The molecule has 0 amide bonds. The molecule has 0 N–H and O–H groups in total. The van der Waals surface area contributed by atoms with Crippen molar-refractivity contribution < 1.29 is 0 Å². The Morgan fingerprint density at radius 1 is 1.00 bits per heavy atom. The van der Waals surface area contributed by atoms with Crippen LogP contribution in [0.15, 0.2) is 30.9 Å². The SMILES string of the molecule is c1cn2c(cc3nccn32)nn1. The molecule has 5 heteroatoms. The van der Waals surface area contributed by atoms with Crippen LogP contribution >= 0.6 is 0 Å². The van der Waals surface area contributed by atoms with E-state index < -0.39 is 0 Å². The molecule has 0 saturated heterocycles. The van der Waals surface area contributed by atoms with Crippen molar-refractivity contribution in [1.29, 1.82) is 0 Å². The highest BCUT2D eigenvalue weighted by atomic mass is 15.4. The molecule has 0 aliphatic carbocycles. The molecular weight excluding hydrogens is 154 g/mol. The second-order valence-corrected chi connectivity index (χ2v) is 2.49. The summed E-state index contributed by atoms with van der Waals surface area (Å²) in [5.41, 5.74) is 1.69. The smallest absolute Gasteiger partial charge is 0.178 e. The van der Waals surface area contributed by atoms with Crippen LogP contribution in [-0.2, 0) is 0 Å². The molecule has 0 radical (unpaired) electrons. The molecule has 0 unspecified atom stereocenters. The third kappa shape index (κ3) is 0.554. The van der Waals surface area contributed by atoms with E-state index in [0.29, 0.717) is 0 Å². The zero-order valence-corrected chi connectivity index (χ0v) is 6.12. The quantitative estimate of drug-likeness (QED) is 0.476. The van der Waals surface area contributed by atoms with Crippen molar-refractivity contribution in [3.8, 4) is 0 Å². The molecule has 3 aromatic rings. The van der Waals surface area contributed by atoms with Gasteiger partial charge < -0.3 is 0 Å². The first-order chi connectivity index (χ1) is 5.95. The van der Waals surface area contributed by atoms with Crippen LogP contribution < -0.4 is 0 Å². The lowest BCUT2D eigenvalue weighted by atomic mass is 10.6. The average molecular weight is 159 g/mol. The van der Waals surface area contributed by atoms with Crippen molar-refractivity contribution in [1.82, 2.24) is 24.2 Å². The Balaban J connectivity index is 2.68. The van der Waals surface area contributed by atoms with E-state index >= 15 is 0 Å². The number of aromatic nitrogens is 5. The van der Waals surface area contributed by atoms with Crippen molar-refractivity contribution in [2.75, 3.05) is 0 Å². The largest absolute Gasteiger partial charge is 0.235 e. The standard InChI is InChI=1S/C7H5N5/c1-3-11-6(8-1)5-7-10-9-2-4-12(7)11/h1-5H. The fourth-order valence-electron chi connectivity index (χ4n) is 1.29. The summed E-state index contributed by atoms with van der Waals surface area (Å²) in [4.78, 5) is 4.13. The van der Waals surface area contributed by atoms with Gasteiger partial charge in [0, 0.05) is 24.7 Å². The number of hydrogen-bond donors (Lipinski definition) is 0. The van der Waals surface area contributed by atoms with E-state index in [1.54, 1.807) is 12.4 Å². The highest BCUT2D eigenvalue weighted by Gasteiger charge is 2.01. The highest BCUT2D eigenvalue weighted by Crippen LogP contribution is 2.05. The first-order valence-electron chi connectivity index (χ1n) is 3.57. The normalized spacial score (nSPS) is 11.3. The maximum absolute atomic E-state index is 4.13. The van der Waals surface area contributed by atoms with Crippen LogP contribution in [-0.4, -0.2) is 24.2 Å². The molecule has 0 fully saturated rings. The minimum absolute atomic E-state index is 0.806. The molecule has 0 bridgehead atoms. The Hall–Kier alpha value is -1.91. The molecule has 12 heavy (non-hydrogen) atoms. The van der Waals surface area contributed by atoms with Gasteiger partial charge in [0.15, 0.2) is 11.3 Å². The number of imidazole rings is 1. The van der Waals surface area contributed by atoms with Crippen LogP contribution in [0.3, 0.4) is 0 Å². The van der Waals surface area contributed by atoms with Crippen LogP contribution in [0.25, 0.3) is 11.3 Å². The molecule has 0 aliphatic heterocycles. The van der Waals surface area contributed by atoms with Crippen LogP contribution in [0.4, 0.5) is 0 Å². The molecule has 3 aromatic heterocycles. The van der Waals surface area contributed by atoms with Gasteiger partial charge in [-0.15, -0.1) is 5.10 Å². The molecule has 0 aliphatic rings. The highest BCUT2D eigenvalue weighted by molar-refractivity contribution is 5.52. The second-order valence-electron chi connectivity index (χ2n) is 2.49. The van der Waals surface area contributed by atoms with Gasteiger partial charge >= 0.3 is 0 Å². The van der Waals surface area contributed by atoms with Gasteiger partial charge in [0.1, 0.15) is 0 Å². The molecule has 3 heterocycles. The van der Waals surface area contributed by atoms with Crippen molar-refractivity contribution in [3.05, 3.63) is 30.9 Å². The van der Waals surface area contributed by atoms with Gasteiger partial charge in [0.05, 0.1) is 6.20 Å². The molecule has 0 saturated carbocycles. The van der Waals surface area contributed by atoms with Crippen LogP contribution in [0.5, 0.6) is 0 Å². The summed E-state index contributed by atoms with van der Waals surface area (Å²) in [6.45, 7) is 0. The van der Waals surface area contributed by atoms with Crippen molar-refractivity contribution in [2.24, 2.45) is 0 Å². The fraction of sp³-hybridized carbons (Fsp3) is 0. The van der Waals surface area contributed by atoms with Gasteiger partial charge in [0.2, 0.25) is 0 Å². The Morgan fingerprint density at radius 3 is 2.83 bits per heavy atom. The number of rotatable bonds is 0. The average Bonchev–Trinajstić information content (AvgIpc) is 2.62. The molecule has 0 atom stereocenters. The van der Waals surface area contributed by atoms with Gasteiger partial charge in [-0.2, -0.15) is 5.10 Å². The lowest BCUT2D eigenvalue weighted by molar-refractivity contribution is 0.828. The fourth-order valence-corrected chi connectivity index (χ4v) is 1.29. The number of nitrogens with zero attached hydrogens (tertiary/aromatic N) is 5. The maximum atomic E-state index is 4.13. The Bertz CT molecular complexity index is 534. The van der Waals surface area contributed by atoms with E-state index in [4.69, 9.17) is 0 Å². The molecule has 0 aromatic carbocycles. The van der Waals surface area contributed by atoms with E-state index in [9.17, 15) is 0 Å². The summed E-state index contributed by atoms with van der Waals surface area (Å²) in [6.07, 6.45) is 7.12. The second kappa shape index (κ2) is 1.82. The third-order valence-electron chi connectivity index (χ3n) is 1.81.